The van der Waals surface area contributed by atoms with Crippen molar-refractivity contribution >= 4 is 23.2 Å². The lowest BCUT2D eigenvalue weighted by molar-refractivity contribution is -0.138. The fourth-order valence-corrected chi connectivity index (χ4v) is 3.60. The van der Waals surface area contributed by atoms with Crippen LogP contribution in [0.5, 0.6) is 0 Å². The minimum Gasteiger partial charge on any atom is -0.298 e. The number of hydrogen-bond donors (Lipinski definition) is 0. The second kappa shape index (κ2) is 6.57. The Bertz CT molecular complexity index is 662. The summed E-state index contributed by atoms with van der Waals surface area (Å²) >= 11 is 0. The van der Waals surface area contributed by atoms with E-state index in [9.17, 15) is 14.4 Å². The maximum atomic E-state index is 12.6. The van der Waals surface area contributed by atoms with E-state index < -0.39 is 11.8 Å². The van der Waals surface area contributed by atoms with E-state index in [0.29, 0.717) is 25.0 Å². The minimum absolute atomic E-state index is 0.0199. The van der Waals surface area contributed by atoms with Crippen molar-refractivity contribution in [3.05, 3.63) is 35.9 Å². The number of ketones is 2. The molecule has 1 aliphatic carbocycles. The van der Waals surface area contributed by atoms with Crippen molar-refractivity contribution in [2.45, 2.75) is 44.9 Å². The standard InChI is InChI=1S/C19H21NO3/c1-2-3-9-14-18(22)17-15(20-19(14)23)10-13(11-16(17)21)12-7-5-4-6-8-12/h4-8,13-14,17H,2-3,9-11H2,1H3. The molecule has 1 heterocycles. The lowest BCUT2D eigenvalue weighted by Gasteiger charge is -2.33. The summed E-state index contributed by atoms with van der Waals surface area (Å²) in [7, 11) is 0. The maximum Gasteiger partial charge on any atom is 0.256 e. The number of nitrogens with zero attached hydrogens (tertiary/aromatic N) is 1. The summed E-state index contributed by atoms with van der Waals surface area (Å²) in [6.07, 6.45) is 3.12. The first-order chi connectivity index (χ1) is 11.1. The van der Waals surface area contributed by atoms with Gasteiger partial charge in [0.1, 0.15) is 11.7 Å². The number of benzene rings is 1. The van der Waals surface area contributed by atoms with Crippen LogP contribution in [0.2, 0.25) is 0 Å². The molecule has 0 radical (unpaired) electrons. The van der Waals surface area contributed by atoms with Gasteiger partial charge in [-0.05, 0) is 24.3 Å². The second-order valence-corrected chi connectivity index (χ2v) is 6.45. The van der Waals surface area contributed by atoms with Gasteiger partial charge in [-0.15, -0.1) is 0 Å². The normalized spacial score (nSPS) is 27.6. The number of unbranched alkanes of at least 4 members (excludes halogenated alkanes) is 1. The van der Waals surface area contributed by atoms with Crippen molar-refractivity contribution in [3.8, 4) is 0 Å². The average Bonchev–Trinajstić information content (AvgIpc) is 2.54. The van der Waals surface area contributed by atoms with Crippen LogP contribution >= 0.6 is 0 Å². The smallest absolute Gasteiger partial charge is 0.256 e. The molecule has 0 aromatic heterocycles. The van der Waals surface area contributed by atoms with Crippen molar-refractivity contribution < 1.29 is 14.4 Å². The van der Waals surface area contributed by atoms with Gasteiger partial charge in [0.2, 0.25) is 0 Å². The summed E-state index contributed by atoms with van der Waals surface area (Å²) in [5.74, 6) is -2.11. The molecule has 0 spiro atoms. The summed E-state index contributed by atoms with van der Waals surface area (Å²) in [5, 5.41) is 0. The first-order valence-electron chi connectivity index (χ1n) is 8.34. The molecule has 2 aliphatic rings. The Balaban J connectivity index is 1.86. The summed E-state index contributed by atoms with van der Waals surface area (Å²) in [6, 6.07) is 9.77. The monoisotopic (exact) mass is 311 g/mol. The molecule has 1 aromatic carbocycles. The van der Waals surface area contributed by atoms with Crippen LogP contribution in [0, 0.1) is 11.8 Å². The summed E-state index contributed by atoms with van der Waals surface area (Å²) in [4.78, 5) is 41.5. The number of carbonyl (C=O) groups excluding carboxylic acids is 3. The van der Waals surface area contributed by atoms with Gasteiger partial charge in [0.25, 0.3) is 5.91 Å². The number of amides is 1. The highest BCUT2D eigenvalue weighted by Gasteiger charge is 2.46. The Hall–Kier alpha value is -2.10. The van der Waals surface area contributed by atoms with Crippen LogP contribution in [0.4, 0.5) is 0 Å². The molecular formula is C19H21NO3. The molecule has 1 saturated carbocycles. The predicted molar refractivity (Wildman–Crippen MR) is 87.4 cm³/mol. The van der Waals surface area contributed by atoms with Gasteiger partial charge in [-0.1, -0.05) is 50.1 Å². The zero-order valence-corrected chi connectivity index (χ0v) is 13.3. The zero-order valence-electron chi connectivity index (χ0n) is 13.3. The van der Waals surface area contributed by atoms with Crippen molar-refractivity contribution in [3.63, 3.8) is 0 Å². The molecule has 3 rings (SSSR count). The molecule has 1 fully saturated rings. The van der Waals surface area contributed by atoms with Gasteiger partial charge in [-0.25, -0.2) is 4.99 Å². The van der Waals surface area contributed by atoms with Gasteiger partial charge in [0.15, 0.2) is 5.78 Å². The molecule has 120 valence electrons. The van der Waals surface area contributed by atoms with E-state index in [1.165, 1.54) is 0 Å². The van der Waals surface area contributed by atoms with Crippen LogP contribution < -0.4 is 0 Å². The molecular weight excluding hydrogens is 290 g/mol. The molecule has 0 saturated heterocycles. The van der Waals surface area contributed by atoms with Gasteiger partial charge in [0, 0.05) is 12.1 Å². The van der Waals surface area contributed by atoms with Crippen molar-refractivity contribution in [2.75, 3.05) is 0 Å². The first-order valence-corrected chi connectivity index (χ1v) is 8.34. The summed E-state index contributed by atoms with van der Waals surface area (Å²) in [6.45, 7) is 2.02. The molecule has 1 aliphatic heterocycles. The third-order valence-corrected chi connectivity index (χ3v) is 4.86. The van der Waals surface area contributed by atoms with Crippen LogP contribution in [0.25, 0.3) is 0 Å². The minimum atomic E-state index is -0.769. The van der Waals surface area contributed by atoms with Gasteiger partial charge in [0.05, 0.1) is 5.92 Å². The Morgan fingerprint density at radius 1 is 1.09 bits per heavy atom. The summed E-state index contributed by atoms with van der Waals surface area (Å²) < 4.78 is 0. The summed E-state index contributed by atoms with van der Waals surface area (Å²) in [5.41, 5.74) is 1.55. The van der Waals surface area contributed by atoms with Crippen LogP contribution in [0.3, 0.4) is 0 Å². The van der Waals surface area contributed by atoms with Crippen molar-refractivity contribution in [1.82, 2.24) is 0 Å². The van der Waals surface area contributed by atoms with E-state index in [0.717, 1.165) is 18.4 Å². The number of carbonyl (C=O) groups is 3. The number of fused-ring (bicyclic) bond motifs is 1. The van der Waals surface area contributed by atoms with Crippen LogP contribution in [0.1, 0.15) is 50.5 Å². The zero-order chi connectivity index (χ0) is 16.4. The van der Waals surface area contributed by atoms with Crippen LogP contribution in [-0.4, -0.2) is 23.2 Å². The highest BCUT2D eigenvalue weighted by Crippen LogP contribution is 2.36. The lowest BCUT2D eigenvalue weighted by Crippen LogP contribution is -2.46. The van der Waals surface area contributed by atoms with Gasteiger partial charge >= 0.3 is 0 Å². The first kappa shape index (κ1) is 15.8. The van der Waals surface area contributed by atoms with Gasteiger partial charge in [-0.3, -0.25) is 14.4 Å². The van der Waals surface area contributed by atoms with E-state index in [1.54, 1.807) is 0 Å². The molecule has 0 bridgehead atoms. The van der Waals surface area contributed by atoms with Crippen molar-refractivity contribution in [1.29, 1.82) is 0 Å². The number of aliphatic imine (C=N–C) groups is 1. The molecule has 3 unspecified atom stereocenters. The third kappa shape index (κ3) is 3.03. The lowest BCUT2D eigenvalue weighted by atomic mass is 9.70. The Labute approximate surface area is 136 Å². The quantitative estimate of drug-likeness (QED) is 0.803. The number of hydrogen-bond acceptors (Lipinski definition) is 3. The molecule has 3 atom stereocenters. The van der Waals surface area contributed by atoms with E-state index in [1.807, 2.05) is 37.3 Å². The predicted octanol–water partition coefficient (Wildman–Crippen LogP) is 3.11. The fourth-order valence-electron chi connectivity index (χ4n) is 3.60. The van der Waals surface area contributed by atoms with Crippen LogP contribution in [0.15, 0.2) is 35.3 Å². The highest BCUT2D eigenvalue weighted by atomic mass is 16.2. The molecule has 23 heavy (non-hydrogen) atoms. The Morgan fingerprint density at radius 3 is 2.52 bits per heavy atom. The maximum absolute atomic E-state index is 12.6. The van der Waals surface area contributed by atoms with Crippen molar-refractivity contribution in [2.24, 2.45) is 16.8 Å². The van der Waals surface area contributed by atoms with E-state index in [4.69, 9.17) is 0 Å². The topological polar surface area (TPSA) is 63.6 Å². The molecule has 4 nitrogen and oxygen atoms in total. The molecule has 0 N–H and O–H groups in total. The Morgan fingerprint density at radius 2 is 1.83 bits per heavy atom. The SMILES string of the molecule is CCCCC1C(=O)N=C2CC(c3ccccc3)CC(=O)C2C1=O. The van der Waals surface area contributed by atoms with E-state index >= 15 is 0 Å². The molecule has 1 amide bonds. The number of Topliss-reactive ketones (excluding diaryl/α,β-unsaturated/α-hetero) is 2. The van der Waals surface area contributed by atoms with E-state index in [2.05, 4.69) is 4.99 Å². The second-order valence-electron chi connectivity index (χ2n) is 6.45. The average molecular weight is 311 g/mol. The van der Waals surface area contributed by atoms with E-state index in [-0.39, 0.29) is 23.4 Å². The highest BCUT2D eigenvalue weighted by molar-refractivity contribution is 6.30. The van der Waals surface area contributed by atoms with Crippen LogP contribution in [-0.2, 0) is 14.4 Å². The Kier molecular flexibility index (Phi) is 4.51. The third-order valence-electron chi connectivity index (χ3n) is 4.86. The fraction of sp³-hybridized carbons (Fsp3) is 0.474. The molecule has 4 heteroatoms. The number of rotatable bonds is 4. The van der Waals surface area contributed by atoms with Gasteiger partial charge < -0.3 is 0 Å². The van der Waals surface area contributed by atoms with Gasteiger partial charge in [-0.2, -0.15) is 0 Å². The molecule has 1 aromatic rings. The largest absolute Gasteiger partial charge is 0.298 e.